The summed E-state index contributed by atoms with van der Waals surface area (Å²) in [5.41, 5.74) is 6.61. The van der Waals surface area contributed by atoms with E-state index in [9.17, 15) is 4.79 Å². The number of halogens is 1. The Bertz CT molecular complexity index is 630. The lowest BCUT2D eigenvalue weighted by Gasteiger charge is -2.30. The van der Waals surface area contributed by atoms with Gasteiger partial charge in [-0.25, -0.2) is 0 Å². The highest BCUT2D eigenvalue weighted by Gasteiger charge is 2.71. The summed E-state index contributed by atoms with van der Waals surface area (Å²) < 4.78 is 5.27. The molecule has 4 atom stereocenters. The van der Waals surface area contributed by atoms with Crippen LogP contribution in [0.5, 0.6) is 5.75 Å². The summed E-state index contributed by atoms with van der Waals surface area (Å²) in [6, 6.07) is 3.19. The van der Waals surface area contributed by atoms with E-state index in [0.29, 0.717) is 33.9 Å². The molecule has 4 bridgehead atoms. The molecular weight excluding hydrogens is 290 g/mol. The number of anilines is 1. The van der Waals surface area contributed by atoms with Gasteiger partial charge in [0.25, 0.3) is 5.91 Å². The molecule has 1 aromatic carbocycles. The molecule has 6 heteroatoms. The van der Waals surface area contributed by atoms with Gasteiger partial charge in [-0.2, -0.15) is 0 Å². The summed E-state index contributed by atoms with van der Waals surface area (Å²) >= 11 is 6.04. The second kappa shape index (κ2) is 4.27. The first-order chi connectivity index (χ1) is 10.0. The lowest BCUT2D eigenvalue weighted by molar-refractivity contribution is 0.0906. The van der Waals surface area contributed by atoms with E-state index < -0.39 is 0 Å². The van der Waals surface area contributed by atoms with Crippen molar-refractivity contribution >= 4 is 23.2 Å². The lowest BCUT2D eigenvalue weighted by Crippen LogP contribution is -2.47. The molecule has 0 spiro atoms. The van der Waals surface area contributed by atoms with Crippen LogP contribution >= 0.6 is 11.6 Å². The number of carbonyl (C=O) groups excluding carboxylic acids is 1. The van der Waals surface area contributed by atoms with E-state index in [2.05, 4.69) is 10.2 Å². The largest absolute Gasteiger partial charge is 0.496 e. The van der Waals surface area contributed by atoms with Crippen LogP contribution in [-0.4, -0.2) is 43.1 Å². The second-order valence-corrected chi connectivity index (χ2v) is 6.71. The average Bonchev–Trinajstić information content (AvgIpc) is 2.97. The van der Waals surface area contributed by atoms with Crippen molar-refractivity contribution in [3.8, 4) is 5.75 Å². The van der Waals surface area contributed by atoms with Gasteiger partial charge in [-0.15, -0.1) is 0 Å². The third-order valence-electron chi connectivity index (χ3n) is 5.31. The minimum Gasteiger partial charge on any atom is -0.496 e. The number of amides is 1. The van der Waals surface area contributed by atoms with Crippen LogP contribution in [0.25, 0.3) is 0 Å². The number of fused-ring (bicyclic) bond motifs is 1. The van der Waals surface area contributed by atoms with Crippen molar-refractivity contribution in [2.24, 2.45) is 11.8 Å². The Balaban J connectivity index is 1.60. The molecule has 0 radical (unpaired) electrons. The number of hydrogen-bond acceptors (Lipinski definition) is 4. The predicted octanol–water partition coefficient (Wildman–Crippen LogP) is 1.36. The number of rotatable bonds is 3. The summed E-state index contributed by atoms with van der Waals surface area (Å²) in [5, 5.41) is 3.62. The summed E-state index contributed by atoms with van der Waals surface area (Å²) in [6.07, 6.45) is 1.19. The standard InChI is InChI=1S/C15H18ClN3O2/c1-21-13-5-12(17)11(16)4-8(13)14(20)18-15-7-19-3-2-9(15)10(15)6-19/h4-5,9-10H,2-3,6-7,17H2,1H3,(H,18,20)/t9?,10?,15-/m0/s1. The molecule has 1 aliphatic carbocycles. The van der Waals surface area contributed by atoms with Crippen LogP contribution in [0.15, 0.2) is 12.1 Å². The van der Waals surface area contributed by atoms with E-state index in [1.54, 1.807) is 12.1 Å². The molecule has 3 unspecified atom stereocenters. The maximum absolute atomic E-state index is 12.6. The number of methoxy groups -OCH3 is 1. The third-order valence-corrected chi connectivity index (χ3v) is 5.63. The Morgan fingerprint density at radius 1 is 1.52 bits per heavy atom. The number of nitrogens with one attached hydrogen (secondary N) is 1. The SMILES string of the molecule is COc1cc(N)c(Cl)cc1C(=O)N[C@@]12CN3CCC1C2C3. The highest BCUT2D eigenvalue weighted by Crippen LogP contribution is 2.60. The fourth-order valence-electron chi connectivity index (χ4n) is 4.21. The smallest absolute Gasteiger partial charge is 0.255 e. The molecule has 1 saturated carbocycles. The van der Waals surface area contributed by atoms with Crippen LogP contribution in [0.3, 0.4) is 0 Å². The van der Waals surface area contributed by atoms with E-state index in [-0.39, 0.29) is 11.4 Å². The van der Waals surface area contributed by atoms with Crippen LogP contribution in [0.4, 0.5) is 5.69 Å². The number of carbonyl (C=O) groups is 1. The highest BCUT2D eigenvalue weighted by atomic mass is 35.5. The quantitative estimate of drug-likeness (QED) is 0.828. The van der Waals surface area contributed by atoms with E-state index in [0.717, 1.165) is 19.6 Å². The highest BCUT2D eigenvalue weighted by molar-refractivity contribution is 6.33. The molecule has 1 aromatic rings. The van der Waals surface area contributed by atoms with Gasteiger partial charge in [-0.3, -0.25) is 4.79 Å². The van der Waals surface area contributed by atoms with Gasteiger partial charge >= 0.3 is 0 Å². The number of piperidine rings is 3. The summed E-state index contributed by atoms with van der Waals surface area (Å²) in [7, 11) is 1.53. The van der Waals surface area contributed by atoms with Gasteiger partial charge in [-0.05, 0) is 24.9 Å². The van der Waals surface area contributed by atoms with Crippen LogP contribution in [0.2, 0.25) is 5.02 Å². The molecule has 112 valence electrons. The van der Waals surface area contributed by atoms with Crippen molar-refractivity contribution in [1.82, 2.24) is 10.2 Å². The van der Waals surface area contributed by atoms with Crippen LogP contribution < -0.4 is 15.8 Å². The third kappa shape index (κ3) is 1.77. The molecule has 21 heavy (non-hydrogen) atoms. The van der Waals surface area contributed by atoms with Gasteiger partial charge < -0.3 is 20.7 Å². The van der Waals surface area contributed by atoms with E-state index in [4.69, 9.17) is 22.1 Å². The molecule has 4 fully saturated rings. The normalized spacial score (nSPS) is 35.4. The van der Waals surface area contributed by atoms with Crippen LogP contribution in [-0.2, 0) is 0 Å². The molecule has 3 N–H and O–H groups in total. The fraction of sp³-hybridized carbons (Fsp3) is 0.533. The summed E-state index contributed by atoms with van der Waals surface area (Å²) in [5.74, 6) is 1.60. The fourth-order valence-corrected chi connectivity index (χ4v) is 4.38. The molecule has 5 nitrogen and oxygen atoms in total. The Morgan fingerprint density at radius 3 is 2.90 bits per heavy atom. The Morgan fingerprint density at radius 2 is 2.33 bits per heavy atom. The van der Waals surface area contributed by atoms with Crippen molar-refractivity contribution in [3.63, 3.8) is 0 Å². The Hall–Kier alpha value is -1.46. The van der Waals surface area contributed by atoms with Gasteiger partial charge in [-0.1, -0.05) is 11.6 Å². The van der Waals surface area contributed by atoms with E-state index in [1.807, 2.05) is 0 Å². The molecule has 3 saturated heterocycles. The Labute approximate surface area is 128 Å². The van der Waals surface area contributed by atoms with Crippen LogP contribution in [0.1, 0.15) is 16.8 Å². The summed E-state index contributed by atoms with van der Waals surface area (Å²) in [6.45, 7) is 3.25. The van der Waals surface area contributed by atoms with Gasteiger partial charge in [0.05, 0.1) is 28.9 Å². The van der Waals surface area contributed by atoms with Gasteiger partial charge in [0.2, 0.25) is 0 Å². The number of nitrogens with two attached hydrogens (primary N) is 1. The number of nitrogen functional groups attached to an aromatic ring is 1. The summed E-state index contributed by atoms with van der Waals surface area (Å²) in [4.78, 5) is 15.1. The van der Waals surface area contributed by atoms with Gasteiger partial charge in [0, 0.05) is 25.1 Å². The van der Waals surface area contributed by atoms with E-state index in [1.165, 1.54) is 13.5 Å². The zero-order chi connectivity index (χ0) is 14.8. The minimum absolute atomic E-state index is 0.0196. The zero-order valence-corrected chi connectivity index (χ0v) is 12.6. The molecule has 3 heterocycles. The molecule has 3 aliphatic heterocycles. The van der Waals surface area contributed by atoms with Crippen molar-refractivity contribution in [2.45, 2.75) is 12.0 Å². The van der Waals surface area contributed by atoms with Gasteiger partial charge in [0.1, 0.15) is 5.75 Å². The van der Waals surface area contributed by atoms with Gasteiger partial charge in [0.15, 0.2) is 0 Å². The maximum Gasteiger partial charge on any atom is 0.255 e. The maximum atomic E-state index is 12.6. The van der Waals surface area contributed by atoms with E-state index >= 15 is 0 Å². The molecule has 0 aromatic heterocycles. The average molecular weight is 308 g/mol. The number of benzene rings is 1. The van der Waals surface area contributed by atoms with Crippen molar-refractivity contribution in [1.29, 1.82) is 0 Å². The number of hydrogen-bond donors (Lipinski definition) is 2. The monoisotopic (exact) mass is 307 g/mol. The van der Waals surface area contributed by atoms with Crippen molar-refractivity contribution in [2.75, 3.05) is 32.5 Å². The zero-order valence-electron chi connectivity index (χ0n) is 11.9. The molecule has 5 rings (SSSR count). The van der Waals surface area contributed by atoms with Crippen molar-refractivity contribution < 1.29 is 9.53 Å². The lowest BCUT2D eigenvalue weighted by atomic mass is 10.0. The predicted molar refractivity (Wildman–Crippen MR) is 80.7 cm³/mol. The Kier molecular flexibility index (Phi) is 2.69. The molecular formula is C15H18ClN3O2. The van der Waals surface area contributed by atoms with Crippen molar-refractivity contribution in [3.05, 3.63) is 22.7 Å². The number of ether oxygens (including phenoxy) is 1. The second-order valence-electron chi connectivity index (χ2n) is 6.31. The van der Waals surface area contributed by atoms with Crippen LogP contribution in [0, 0.1) is 11.8 Å². The first-order valence-electron chi connectivity index (χ1n) is 7.23. The first kappa shape index (κ1) is 13.2. The minimum atomic E-state index is -0.120. The topological polar surface area (TPSA) is 67.6 Å². The molecule has 1 amide bonds. The first-order valence-corrected chi connectivity index (χ1v) is 7.61. The molecule has 4 aliphatic rings. The number of nitrogens with zero attached hydrogens (tertiary/aromatic N) is 1.